The van der Waals surface area contributed by atoms with Crippen molar-refractivity contribution >= 4 is 27.5 Å². The molecule has 0 heterocycles. The number of para-hydroxylation sites is 1. The first-order valence-electron chi connectivity index (χ1n) is 14.0. The van der Waals surface area contributed by atoms with Crippen molar-refractivity contribution in [2.75, 3.05) is 11.4 Å². The van der Waals surface area contributed by atoms with Gasteiger partial charge in [-0.3, -0.25) is 9.59 Å². The van der Waals surface area contributed by atoms with Crippen LogP contribution in [0.25, 0.3) is 0 Å². The summed E-state index contributed by atoms with van der Waals surface area (Å²) in [5.41, 5.74) is 0.155. The minimum absolute atomic E-state index is 0.00789. The molecule has 5 rings (SSSR count). The van der Waals surface area contributed by atoms with Crippen molar-refractivity contribution < 1.29 is 18.0 Å². The molecule has 38 heavy (non-hydrogen) atoms. The molecule has 2 amide bonds. The second-order valence-electron chi connectivity index (χ2n) is 12.4. The average Bonchev–Trinajstić information content (AvgIpc) is 3.40. The SMILES string of the molecule is CC12CCC(C1)C(C)(C)C2C(=O)N(CC(=O)N(c1ccccc1)C1CCCCC1)S(=O)(=O)c1ccccc1. The molecule has 2 bridgehead atoms. The summed E-state index contributed by atoms with van der Waals surface area (Å²) in [7, 11) is -4.24. The zero-order valence-corrected chi connectivity index (χ0v) is 23.6. The van der Waals surface area contributed by atoms with Crippen LogP contribution in [0.5, 0.6) is 0 Å². The van der Waals surface area contributed by atoms with Crippen LogP contribution < -0.4 is 4.90 Å². The molecule has 0 spiro atoms. The second kappa shape index (κ2) is 10.1. The molecule has 0 aromatic heterocycles. The Morgan fingerprint density at radius 1 is 0.868 bits per heavy atom. The third-order valence-corrected chi connectivity index (χ3v) is 11.4. The molecule has 3 atom stereocenters. The van der Waals surface area contributed by atoms with Crippen LogP contribution in [0.15, 0.2) is 65.6 Å². The normalized spacial score (nSPS) is 26.7. The van der Waals surface area contributed by atoms with Gasteiger partial charge in [0.25, 0.3) is 10.0 Å². The lowest BCUT2D eigenvalue weighted by Crippen LogP contribution is -2.54. The van der Waals surface area contributed by atoms with Crippen molar-refractivity contribution in [3.63, 3.8) is 0 Å². The molecular weight excluding hydrogens is 496 g/mol. The van der Waals surface area contributed by atoms with Crippen LogP contribution >= 0.6 is 0 Å². The van der Waals surface area contributed by atoms with Gasteiger partial charge in [0.2, 0.25) is 11.8 Å². The lowest BCUT2D eigenvalue weighted by atomic mass is 9.63. The van der Waals surface area contributed by atoms with Gasteiger partial charge in [-0.1, -0.05) is 76.4 Å². The van der Waals surface area contributed by atoms with Gasteiger partial charge in [-0.15, -0.1) is 0 Å². The fraction of sp³-hybridized carbons (Fsp3) is 0.548. The third-order valence-electron chi connectivity index (χ3n) is 9.62. The van der Waals surface area contributed by atoms with Gasteiger partial charge in [0, 0.05) is 17.6 Å². The van der Waals surface area contributed by atoms with E-state index in [1.165, 1.54) is 12.1 Å². The molecule has 7 heteroatoms. The summed E-state index contributed by atoms with van der Waals surface area (Å²) in [6, 6.07) is 17.5. The van der Waals surface area contributed by atoms with Crippen LogP contribution in [-0.4, -0.2) is 37.1 Å². The highest BCUT2D eigenvalue weighted by Gasteiger charge is 2.63. The predicted molar refractivity (Wildman–Crippen MR) is 149 cm³/mol. The first-order valence-corrected chi connectivity index (χ1v) is 15.5. The van der Waals surface area contributed by atoms with Gasteiger partial charge in [-0.2, -0.15) is 0 Å². The standard InChI is InChI=1S/C31H40N2O4S/c1-30(2)23-19-20-31(3,21-23)28(30)29(35)32(38(36,37)26-17-11-6-12-18-26)22-27(34)33(24-13-7-4-8-14-24)25-15-9-5-10-16-25/h4,6-8,11-14,17-18,23,25,28H,5,9-10,15-16,19-22H2,1-3H3. The number of hydrogen-bond donors (Lipinski definition) is 0. The molecule has 3 aliphatic carbocycles. The van der Waals surface area contributed by atoms with Gasteiger partial charge in [0.15, 0.2) is 0 Å². The minimum atomic E-state index is -4.24. The molecule has 0 radical (unpaired) electrons. The Kier molecular flexibility index (Phi) is 7.18. The summed E-state index contributed by atoms with van der Waals surface area (Å²) in [4.78, 5) is 30.3. The van der Waals surface area contributed by atoms with E-state index in [0.29, 0.717) is 5.92 Å². The van der Waals surface area contributed by atoms with Crippen molar-refractivity contribution in [3.05, 3.63) is 60.7 Å². The molecule has 2 aromatic carbocycles. The zero-order valence-electron chi connectivity index (χ0n) is 22.8. The fourth-order valence-corrected chi connectivity index (χ4v) is 9.13. The summed E-state index contributed by atoms with van der Waals surface area (Å²) in [6.07, 6.45) is 7.82. The predicted octanol–water partition coefficient (Wildman–Crippen LogP) is 6.03. The smallest absolute Gasteiger partial charge is 0.266 e. The van der Waals surface area contributed by atoms with E-state index in [-0.39, 0.29) is 27.7 Å². The number of anilines is 1. The van der Waals surface area contributed by atoms with Crippen LogP contribution in [0.4, 0.5) is 5.69 Å². The number of rotatable bonds is 7. The molecule has 2 aromatic rings. The fourth-order valence-electron chi connectivity index (χ4n) is 7.75. The molecule has 3 unspecified atom stereocenters. The third kappa shape index (κ3) is 4.67. The Balaban J connectivity index is 1.54. The summed E-state index contributed by atoms with van der Waals surface area (Å²) < 4.78 is 29.0. The molecule has 6 nitrogen and oxygen atoms in total. The van der Waals surface area contributed by atoms with Gasteiger partial charge < -0.3 is 4.90 Å². The molecule has 3 fully saturated rings. The molecule has 3 saturated carbocycles. The lowest BCUT2D eigenvalue weighted by molar-refractivity contribution is -0.141. The van der Waals surface area contributed by atoms with Crippen molar-refractivity contribution in [2.24, 2.45) is 22.7 Å². The lowest BCUT2D eigenvalue weighted by Gasteiger charge is -2.43. The van der Waals surface area contributed by atoms with E-state index in [2.05, 4.69) is 20.8 Å². The van der Waals surface area contributed by atoms with E-state index < -0.39 is 28.4 Å². The van der Waals surface area contributed by atoms with Gasteiger partial charge in [0.1, 0.15) is 6.54 Å². The number of sulfonamides is 1. The van der Waals surface area contributed by atoms with Gasteiger partial charge in [-0.05, 0) is 73.1 Å². The summed E-state index contributed by atoms with van der Waals surface area (Å²) in [6.45, 7) is 5.82. The van der Waals surface area contributed by atoms with Crippen LogP contribution in [0.1, 0.15) is 72.1 Å². The monoisotopic (exact) mass is 536 g/mol. The highest BCUT2D eigenvalue weighted by molar-refractivity contribution is 7.89. The number of hydrogen-bond acceptors (Lipinski definition) is 4. The maximum Gasteiger partial charge on any atom is 0.266 e. The zero-order chi connectivity index (χ0) is 27.1. The van der Waals surface area contributed by atoms with E-state index in [9.17, 15) is 18.0 Å². The Morgan fingerprint density at radius 3 is 2.05 bits per heavy atom. The molecule has 0 saturated heterocycles. The molecule has 204 valence electrons. The molecule has 3 aliphatic rings. The van der Waals surface area contributed by atoms with Crippen molar-refractivity contribution in [2.45, 2.75) is 83.1 Å². The highest BCUT2D eigenvalue weighted by Crippen LogP contribution is 2.66. The summed E-state index contributed by atoms with van der Waals surface area (Å²) in [5.74, 6) is -0.864. The van der Waals surface area contributed by atoms with Crippen molar-refractivity contribution in [1.29, 1.82) is 0 Å². The maximum atomic E-state index is 14.4. The minimum Gasteiger partial charge on any atom is -0.308 e. The average molecular weight is 537 g/mol. The van der Waals surface area contributed by atoms with E-state index in [4.69, 9.17) is 0 Å². The number of benzene rings is 2. The maximum absolute atomic E-state index is 14.4. The summed E-state index contributed by atoms with van der Waals surface area (Å²) >= 11 is 0. The Bertz CT molecular complexity index is 1270. The Morgan fingerprint density at radius 2 is 1.47 bits per heavy atom. The summed E-state index contributed by atoms with van der Waals surface area (Å²) in [5, 5.41) is 0. The van der Waals surface area contributed by atoms with Gasteiger partial charge >= 0.3 is 0 Å². The quantitative estimate of drug-likeness (QED) is 0.433. The van der Waals surface area contributed by atoms with E-state index in [0.717, 1.165) is 61.4 Å². The van der Waals surface area contributed by atoms with Crippen molar-refractivity contribution in [1.82, 2.24) is 4.31 Å². The van der Waals surface area contributed by atoms with Crippen LogP contribution in [-0.2, 0) is 19.6 Å². The van der Waals surface area contributed by atoms with Crippen molar-refractivity contribution in [3.8, 4) is 0 Å². The second-order valence-corrected chi connectivity index (χ2v) is 14.3. The first kappa shape index (κ1) is 26.9. The molecule has 0 N–H and O–H groups in total. The topological polar surface area (TPSA) is 74.8 Å². The number of carbonyl (C=O) groups excluding carboxylic acids is 2. The highest BCUT2D eigenvalue weighted by atomic mass is 32.2. The van der Waals surface area contributed by atoms with Gasteiger partial charge in [-0.25, -0.2) is 12.7 Å². The molecule has 0 aliphatic heterocycles. The molecular formula is C31H40N2O4S. The van der Waals surface area contributed by atoms with Crippen LogP contribution in [0.3, 0.4) is 0 Å². The van der Waals surface area contributed by atoms with E-state index >= 15 is 0 Å². The number of fused-ring (bicyclic) bond motifs is 2. The Hall–Kier alpha value is -2.67. The number of nitrogens with zero attached hydrogens (tertiary/aromatic N) is 2. The number of amides is 2. The van der Waals surface area contributed by atoms with Crippen LogP contribution in [0.2, 0.25) is 0 Å². The Labute approximate surface area is 227 Å². The van der Waals surface area contributed by atoms with E-state index in [1.54, 1.807) is 23.1 Å². The van der Waals surface area contributed by atoms with Crippen LogP contribution in [0, 0.1) is 22.7 Å². The number of carbonyl (C=O) groups is 2. The van der Waals surface area contributed by atoms with Gasteiger partial charge in [0.05, 0.1) is 4.90 Å². The first-order chi connectivity index (χ1) is 18.1. The van der Waals surface area contributed by atoms with E-state index in [1.807, 2.05) is 30.3 Å². The largest absolute Gasteiger partial charge is 0.308 e.